The molecule has 0 amide bonds. The predicted molar refractivity (Wildman–Crippen MR) is 83.0 cm³/mol. The maximum absolute atomic E-state index is 6.32. The van der Waals surface area contributed by atoms with Crippen molar-refractivity contribution in [1.29, 1.82) is 0 Å². The van der Waals surface area contributed by atoms with Crippen molar-refractivity contribution in [2.24, 2.45) is 5.73 Å². The van der Waals surface area contributed by atoms with E-state index >= 15 is 0 Å². The van der Waals surface area contributed by atoms with Gasteiger partial charge < -0.3 is 15.5 Å². The quantitative estimate of drug-likeness (QED) is 0.925. The van der Waals surface area contributed by atoms with E-state index in [2.05, 4.69) is 30.0 Å². The fraction of sp³-hybridized carbons (Fsp3) is 0.600. The number of piperidine rings is 1. The lowest BCUT2D eigenvalue weighted by Crippen LogP contribution is -2.42. The Bertz CT molecular complexity index is 425. The molecule has 4 heteroatoms. The number of halogens is 1. The zero-order chi connectivity index (χ0) is 14.0. The molecule has 1 fully saturated rings. The third-order valence-electron chi connectivity index (χ3n) is 4.12. The van der Waals surface area contributed by atoms with Crippen molar-refractivity contribution in [1.82, 2.24) is 4.90 Å². The van der Waals surface area contributed by atoms with Crippen LogP contribution in [-0.4, -0.2) is 38.1 Å². The van der Waals surface area contributed by atoms with Gasteiger partial charge in [-0.3, -0.25) is 0 Å². The molecule has 1 aliphatic heterocycles. The highest BCUT2D eigenvalue weighted by Gasteiger charge is 2.21. The minimum atomic E-state index is -0.0183. The summed E-state index contributed by atoms with van der Waals surface area (Å²) in [5.74, 6) is 0. The van der Waals surface area contributed by atoms with Crippen LogP contribution < -0.4 is 10.6 Å². The summed E-state index contributed by atoms with van der Waals surface area (Å²) in [4.78, 5) is 4.74. The summed E-state index contributed by atoms with van der Waals surface area (Å²) in [7, 11) is 4.34. The van der Waals surface area contributed by atoms with E-state index in [1.165, 1.54) is 31.6 Å². The first-order valence-corrected chi connectivity index (χ1v) is 7.33. The summed E-state index contributed by atoms with van der Waals surface area (Å²) < 4.78 is 0. The van der Waals surface area contributed by atoms with Gasteiger partial charge in [0.1, 0.15) is 0 Å². The van der Waals surface area contributed by atoms with Gasteiger partial charge in [0.15, 0.2) is 0 Å². The molecular weight excluding hydrogens is 258 g/mol. The maximum Gasteiger partial charge on any atom is 0.0474 e. The third-order valence-corrected chi connectivity index (χ3v) is 4.45. The van der Waals surface area contributed by atoms with Crippen LogP contribution in [0.4, 0.5) is 5.69 Å². The molecule has 19 heavy (non-hydrogen) atoms. The smallest absolute Gasteiger partial charge is 0.0474 e. The largest absolute Gasteiger partial charge is 0.371 e. The SMILES string of the molecule is CC(N)c1ccc(N(C)C2CCN(C)CC2)cc1Cl. The Morgan fingerprint density at radius 1 is 1.37 bits per heavy atom. The van der Waals surface area contributed by atoms with Crippen molar-refractivity contribution in [3.8, 4) is 0 Å². The lowest BCUT2D eigenvalue weighted by atomic mass is 10.0. The molecule has 0 aromatic heterocycles. The molecule has 1 aliphatic rings. The van der Waals surface area contributed by atoms with Crippen molar-refractivity contribution in [2.45, 2.75) is 31.8 Å². The lowest BCUT2D eigenvalue weighted by Gasteiger charge is -2.36. The van der Waals surface area contributed by atoms with Crippen LogP contribution in [0.15, 0.2) is 18.2 Å². The van der Waals surface area contributed by atoms with E-state index in [9.17, 15) is 0 Å². The summed E-state index contributed by atoms with van der Waals surface area (Å²) in [6.45, 7) is 4.29. The van der Waals surface area contributed by atoms with Gasteiger partial charge in [0.05, 0.1) is 0 Å². The molecule has 1 aromatic rings. The molecule has 1 aromatic carbocycles. The van der Waals surface area contributed by atoms with Crippen LogP contribution in [0.1, 0.15) is 31.4 Å². The number of anilines is 1. The second-order valence-electron chi connectivity index (χ2n) is 5.64. The second kappa shape index (κ2) is 6.12. The first-order valence-electron chi connectivity index (χ1n) is 6.95. The van der Waals surface area contributed by atoms with Gasteiger partial charge in [-0.25, -0.2) is 0 Å². The van der Waals surface area contributed by atoms with Gasteiger partial charge in [0, 0.05) is 29.8 Å². The molecule has 1 atom stereocenters. The average molecular weight is 282 g/mol. The van der Waals surface area contributed by atoms with Crippen molar-refractivity contribution in [3.63, 3.8) is 0 Å². The summed E-state index contributed by atoms with van der Waals surface area (Å²) >= 11 is 6.32. The Morgan fingerprint density at radius 2 is 2.00 bits per heavy atom. The zero-order valence-corrected chi connectivity index (χ0v) is 12.8. The molecule has 0 saturated carbocycles. The topological polar surface area (TPSA) is 32.5 Å². The third kappa shape index (κ3) is 3.41. The number of rotatable bonds is 3. The number of nitrogens with zero attached hydrogens (tertiary/aromatic N) is 2. The highest BCUT2D eigenvalue weighted by Crippen LogP contribution is 2.29. The lowest BCUT2D eigenvalue weighted by molar-refractivity contribution is 0.253. The van der Waals surface area contributed by atoms with E-state index in [-0.39, 0.29) is 6.04 Å². The number of benzene rings is 1. The molecule has 1 saturated heterocycles. The molecule has 2 N–H and O–H groups in total. The first kappa shape index (κ1) is 14.6. The molecule has 0 aliphatic carbocycles. The molecule has 3 nitrogen and oxygen atoms in total. The molecule has 106 valence electrons. The van der Waals surface area contributed by atoms with Crippen LogP contribution in [0.25, 0.3) is 0 Å². The summed E-state index contributed by atoms with van der Waals surface area (Å²) in [5, 5.41) is 0.771. The molecular formula is C15H24ClN3. The highest BCUT2D eigenvalue weighted by atomic mass is 35.5. The van der Waals surface area contributed by atoms with Gasteiger partial charge in [-0.05, 0) is 57.6 Å². The van der Waals surface area contributed by atoms with Gasteiger partial charge in [-0.2, -0.15) is 0 Å². The van der Waals surface area contributed by atoms with E-state index in [0.29, 0.717) is 6.04 Å². The predicted octanol–water partition coefficient (Wildman–Crippen LogP) is 2.89. The van der Waals surface area contributed by atoms with Crippen LogP contribution in [0, 0.1) is 0 Å². The Balaban J connectivity index is 2.11. The van der Waals surface area contributed by atoms with Gasteiger partial charge in [0.25, 0.3) is 0 Å². The molecule has 0 radical (unpaired) electrons. The van der Waals surface area contributed by atoms with Crippen LogP contribution in [0.2, 0.25) is 5.02 Å². The monoisotopic (exact) mass is 281 g/mol. The Labute approximate surface area is 121 Å². The van der Waals surface area contributed by atoms with Crippen LogP contribution in [0.5, 0.6) is 0 Å². The maximum atomic E-state index is 6.32. The first-order chi connectivity index (χ1) is 8.99. The van der Waals surface area contributed by atoms with Crippen LogP contribution in [0.3, 0.4) is 0 Å². The van der Waals surface area contributed by atoms with Crippen LogP contribution in [-0.2, 0) is 0 Å². The van der Waals surface area contributed by atoms with Crippen molar-refractivity contribution < 1.29 is 0 Å². The Morgan fingerprint density at radius 3 is 2.53 bits per heavy atom. The van der Waals surface area contributed by atoms with Gasteiger partial charge in [-0.1, -0.05) is 17.7 Å². The molecule has 0 bridgehead atoms. The fourth-order valence-electron chi connectivity index (χ4n) is 2.70. The molecule has 0 spiro atoms. The number of likely N-dealkylation sites (tertiary alicyclic amines) is 1. The Hall–Kier alpha value is -0.770. The standard InChI is InChI=1S/C15H24ClN3/c1-11(17)14-5-4-13(10-15(14)16)19(3)12-6-8-18(2)9-7-12/h4-5,10-12H,6-9,17H2,1-3H3. The average Bonchev–Trinajstić information content (AvgIpc) is 2.38. The van der Waals surface area contributed by atoms with Crippen molar-refractivity contribution in [3.05, 3.63) is 28.8 Å². The number of hydrogen-bond acceptors (Lipinski definition) is 3. The minimum absolute atomic E-state index is 0.0183. The number of nitrogens with two attached hydrogens (primary N) is 1. The molecule has 2 rings (SSSR count). The van der Waals surface area contributed by atoms with E-state index in [4.69, 9.17) is 17.3 Å². The molecule has 1 unspecified atom stereocenters. The number of hydrogen-bond donors (Lipinski definition) is 1. The van der Waals surface area contributed by atoms with Gasteiger partial charge in [0.2, 0.25) is 0 Å². The van der Waals surface area contributed by atoms with Crippen LogP contribution >= 0.6 is 11.6 Å². The normalized spacial score (nSPS) is 19.4. The fourth-order valence-corrected chi connectivity index (χ4v) is 3.04. The molecule has 1 heterocycles. The second-order valence-corrected chi connectivity index (χ2v) is 6.05. The van der Waals surface area contributed by atoms with Gasteiger partial charge in [-0.15, -0.1) is 0 Å². The summed E-state index contributed by atoms with van der Waals surface area (Å²) in [6, 6.07) is 6.80. The van der Waals surface area contributed by atoms with Crippen molar-refractivity contribution >= 4 is 17.3 Å². The van der Waals surface area contributed by atoms with Crippen molar-refractivity contribution in [2.75, 3.05) is 32.1 Å². The summed E-state index contributed by atoms with van der Waals surface area (Å²) in [6.07, 6.45) is 2.42. The zero-order valence-electron chi connectivity index (χ0n) is 12.1. The minimum Gasteiger partial charge on any atom is -0.371 e. The van der Waals surface area contributed by atoms with E-state index in [1.54, 1.807) is 0 Å². The Kier molecular flexibility index (Phi) is 4.71. The van der Waals surface area contributed by atoms with E-state index in [1.807, 2.05) is 19.1 Å². The summed E-state index contributed by atoms with van der Waals surface area (Å²) in [5.41, 5.74) is 8.10. The van der Waals surface area contributed by atoms with E-state index in [0.717, 1.165) is 10.6 Å². The van der Waals surface area contributed by atoms with E-state index < -0.39 is 0 Å². The van der Waals surface area contributed by atoms with Gasteiger partial charge >= 0.3 is 0 Å². The highest BCUT2D eigenvalue weighted by molar-refractivity contribution is 6.31.